The molecule has 0 radical (unpaired) electrons. The summed E-state index contributed by atoms with van der Waals surface area (Å²) in [4.78, 5) is 28.3. The van der Waals surface area contributed by atoms with Gasteiger partial charge in [0.05, 0.1) is 11.9 Å². The Bertz CT molecular complexity index is 1240. The van der Waals surface area contributed by atoms with Crippen LogP contribution in [0.1, 0.15) is 68.6 Å². The zero-order chi connectivity index (χ0) is 28.7. The molecule has 1 aliphatic rings. The average molecular weight is 597 g/mol. The van der Waals surface area contributed by atoms with Crippen molar-refractivity contribution in [3.63, 3.8) is 0 Å². The first kappa shape index (κ1) is 31.2. The second-order valence-corrected chi connectivity index (χ2v) is 13.2. The standard InChI is InChI=1S/C29H39Cl2N3O4S/c1-20-16-21(2)18-24(17-20)34(39(4,37)38)15-9-14-28(35)33(19-25-26(30)12-8-13-27(25)31)22(3)29(36)32-23-10-6-5-7-11-23/h8,12-13,16-18,22-23H,5-7,9-11,14-15,19H2,1-4H3,(H,32,36)/t22-/m1/s1. The fraction of sp³-hybridized carbons (Fsp3) is 0.517. The molecular formula is C29H39Cl2N3O4S. The number of nitrogens with one attached hydrogen (secondary N) is 1. The molecular weight excluding hydrogens is 557 g/mol. The first-order valence-corrected chi connectivity index (χ1v) is 16.1. The predicted octanol–water partition coefficient (Wildman–Crippen LogP) is 6.02. The first-order chi connectivity index (χ1) is 18.4. The van der Waals surface area contributed by atoms with Gasteiger partial charge in [-0.25, -0.2) is 8.42 Å². The lowest BCUT2D eigenvalue weighted by Gasteiger charge is -2.32. The van der Waals surface area contributed by atoms with E-state index in [0.717, 1.165) is 43.1 Å². The van der Waals surface area contributed by atoms with Gasteiger partial charge in [-0.2, -0.15) is 0 Å². The second kappa shape index (κ2) is 13.9. The van der Waals surface area contributed by atoms with Crippen molar-refractivity contribution in [2.45, 2.75) is 84.3 Å². The first-order valence-electron chi connectivity index (χ1n) is 13.5. The highest BCUT2D eigenvalue weighted by Crippen LogP contribution is 2.28. The molecule has 2 aromatic rings. The van der Waals surface area contributed by atoms with Crippen molar-refractivity contribution in [1.29, 1.82) is 0 Å². The maximum Gasteiger partial charge on any atom is 0.242 e. The molecule has 39 heavy (non-hydrogen) atoms. The number of sulfonamides is 1. The highest BCUT2D eigenvalue weighted by Gasteiger charge is 2.29. The van der Waals surface area contributed by atoms with E-state index in [-0.39, 0.29) is 43.8 Å². The highest BCUT2D eigenvalue weighted by molar-refractivity contribution is 7.92. The van der Waals surface area contributed by atoms with Gasteiger partial charge in [0.2, 0.25) is 21.8 Å². The molecule has 0 aliphatic heterocycles. The van der Waals surface area contributed by atoms with Crippen molar-refractivity contribution in [1.82, 2.24) is 10.2 Å². The van der Waals surface area contributed by atoms with Crippen LogP contribution < -0.4 is 9.62 Å². The monoisotopic (exact) mass is 595 g/mol. The third-order valence-electron chi connectivity index (χ3n) is 7.16. The molecule has 3 rings (SSSR count). The number of aryl methyl sites for hydroxylation is 2. The number of nitrogens with zero attached hydrogens (tertiary/aromatic N) is 2. The zero-order valence-electron chi connectivity index (χ0n) is 23.2. The maximum atomic E-state index is 13.6. The Hall–Kier alpha value is -2.29. The summed E-state index contributed by atoms with van der Waals surface area (Å²) in [5, 5.41) is 3.94. The van der Waals surface area contributed by atoms with E-state index >= 15 is 0 Å². The number of carbonyl (C=O) groups is 2. The third kappa shape index (κ3) is 8.85. The molecule has 1 N–H and O–H groups in total. The summed E-state index contributed by atoms with van der Waals surface area (Å²) in [7, 11) is -3.57. The highest BCUT2D eigenvalue weighted by atomic mass is 35.5. The Labute approximate surface area is 242 Å². The molecule has 0 heterocycles. The Morgan fingerprint density at radius 2 is 1.62 bits per heavy atom. The number of halogens is 2. The summed E-state index contributed by atoms with van der Waals surface area (Å²) in [6, 6.07) is 10.1. The van der Waals surface area contributed by atoms with Gasteiger partial charge < -0.3 is 10.2 Å². The van der Waals surface area contributed by atoms with Gasteiger partial charge in [0.1, 0.15) is 6.04 Å². The van der Waals surface area contributed by atoms with Crippen LogP contribution in [0.25, 0.3) is 0 Å². The minimum absolute atomic E-state index is 0.0555. The molecule has 2 aromatic carbocycles. The van der Waals surface area contributed by atoms with E-state index in [1.54, 1.807) is 25.1 Å². The third-order valence-corrected chi connectivity index (χ3v) is 9.06. The summed E-state index contributed by atoms with van der Waals surface area (Å²) >= 11 is 12.8. The number of amides is 2. The molecule has 1 aliphatic carbocycles. The van der Waals surface area contributed by atoms with Crippen molar-refractivity contribution < 1.29 is 18.0 Å². The topological polar surface area (TPSA) is 86.8 Å². The van der Waals surface area contributed by atoms with Gasteiger partial charge in [0.25, 0.3) is 0 Å². The maximum absolute atomic E-state index is 13.6. The molecule has 0 unspecified atom stereocenters. The van der Waals surface area contributed by atoms with E-state index in [1.165, 1.54) is 15.6 Å². The van der Waals surface area contributed by atoms with Crippen LogP contribution in [-0.4, -0.2) is 50.0 Å². The van der Waals surface area contributed by atoms with Crippen LogP contribution in [0.3, 0.4) is 0 Å². The van der Waals surface area contributed by atoms with Gasteiger partial charge >= 0.3 is 0 Å². The van der Waals surface area contributed by atoms with Gasteiger partial charge in [-0.05, 0) is 75.4 Å². The van der Waals surface area contributed by atoms with Crippen molar-refractivity contribution >= 4 is 50.7 Å². The normalized spacial score (nSPS) is 15.0. The smallest absolute Gasteiger partial charge is 0.242 e. The number of anilines is 1. The van der Waals surface area contributed by atoms with Crippen LogP contribution in [0.15, 0.2) is 36.4 Å². The lowest BCUT2D eigenvalue weighted by Crippen LogP contribution is -2.50. The zero-order valence-corrected chi connectivity index (χ0v) is 25.5. The van der Waals surface area contributed by atoms with Crippen LogP contribution >= 0.6 is 23.2 Å². The molecule has 7 nitrogen and oxygen atoms in total. The minimum Gasteiger partial charge on any atom is -0.352 e. The van der Waals surface area contributed by atoms with E-state index in [9.17, 15) is 18.0 Å². The number of hydrogen-bond donors (Lipinski definition) is 1. The summed E-state index contributed by atoms with van der Waals surface area (Å²) in [5.41, 5.74) is 3.05. The summed E-state index contributed by atoms with van der Waals surface area (Å²) in [6.07, 6.45) is 6.69. The van der Waals surface area contributed by atoms with Crippen molar-refractivity contribution in [2.75, 3.05) is 17.1 Å². The molecule has 0 spiro atoms. The minimum atomic E-state index is -3.57. The van der Waals surface area contributed by atoms with E-state index < -0.39 is 16.1 Å². The van der Waals surface area contributed by atoms with Crippen LogP contribution in [0, 0.1) is 13.8 Å². The number of carbonyl (C=O) groups excluding carboxylic acids is 2. The summed E-state index contributed by atoms with van der Waals surface area (Å²) in [5.74, 6) is -0.488. The summed E-state index contributed by atoms with van der Waals surface area (Å²) < 4.78 is 26.6. The van der Waals surface area contributed by atoms with Gasteiger partial charge in [-0.1, -0.05) is 54.6 Å². The quantitative estimate of drug-likeness (QED) is 0.344. The average Bonchev–Trinajstić information content (AvgIpc) is 2.85. The fourth-order valence-corrected chi connectivity index (χ4v) is 6.57. The Morgan fingerprint density at radius 3 is 2.18 bits per heavy atom. The molecule has 2 amide bonds. The van der Waals surface area contributed by atoms with Crippen LogP contribution in [0.4, 0.5) is 5.69 Å². The largest absolute Gasteiger partial charge is 0.352 e. The van der Waals surface area contributed by atoms with E-state index in [0.29, 0.717) is 21.3 Å². The van der Waals surface area contributed by atoms with Crippen LogP contribution in [0.5, 0.6) is 0 Å². The van der Waals surface area contributed by atoms with E-state index in [2.05, 4.69) is 5.32 Å². The van der Waals surface area contributed by atoms with E-state index in [4.69, 9.17) is 23.2 Å². The van der Waals surface area contributed by atoms with E-state index in [1.807, 2.05) is 32.0 Å². The number of hydrogen-bond acceptors (Lipinski definition) is 4. The number of rotatable bonds is 11. The summed E-state index contributed by atoms with van der Waals surface area (Å²) in [6.45, 7) is 5.75. The number of benzene rings is 2. The SMILES string of the molecule is Cc1cc(C)cc(N(CCCC(=O)N(Cc2c(Cl)cccc2Cl)[C@H](C)C(=O)NC2CCCCC2)S(C)(=O)=O)c1. The van der Waals surface area contributed by atoms with Gasteiger partial charge in [0, 0.05) is 41.2 Å². The molecule has 1 saturated carbocycles. The molecule has 0 aromatic heterocycles. The van der Waals surface area contributed by atoms with Gasteiger partial charge in [-0.15, -0.1) is 0 Å². The van der Waals surface area contributed by atoms with Crippen LogP contribution in [-0.2, 0) is 26.2 Å². The second-order valence-electron chi connectivity index (χ2n) is 10.5. The molecule has 1 fully saturated rings. The predicted molar refractivity (Wildman–Crippen MR) is 159 cm³/mol. The van der Waals surface area contributed by atoms with Gasteiger partial charge in [-0.3, -0.25) is 13.9 Å². The Morgan fingerprint density at radius 1 is 1.03 bits per heavy atom. The lowest BCUT2D eigenvalue weighted by atomic mass is 9.95. The van der Waals surface area contributed by atoms with Crippen molar-refractivity contribution in [2.24, 2.45) is 0 Å². The van der Waals surface area contributed by atoms with Crippen molar-refractivity contribution in [3.05, 3.63) is 63.1 Å². The molecule has 0 bridgehead atoms. The molecule has 0 saturated heterocycles. The Balaban J connectivity index is 1.77. The van der Waals surface area contributed by atoms with Crippen molar-refractivity contribution in [3.8, 4) is 0 Å². The van der Waals surface area contributed by atoms with Crippen LogP contribution in [0.2, 0.25) is 10.0 Å². The lowest BCUT2D eigenvalue weighted by molar-refractivity contribution is -0.141. The van der Waals surface area contributed by atoms with Gasteiger partial charge in [0.15, 0.2) is 0 Å². The molecule has 214 valence electrons. The Kier molecular flexibility index (Phi) is 11.1. The molecule has 1 atom stereocenters. The molecule has 10 heteroatoms. The fourth-order valence-electron chi connectivity index (χ4n) is 5.10.